The molecule has 0 radical (unpaired) electrons. The SMILES string of the molecule is CCC(c1nc(-c2ccc(Cl)cc2)no1)C(C)O. The largest absolute Gasteiger partial charge is 0.393 e. The molecule has 18 heavy (non-hydrogen) atoms. The lowest BCUT2D eigenvalue weighted by molar-refractivity contribution is 0.141. The Labute approximate surface area is 111 Å². The van der Waals surface area contributed by atoms with Gasteiger partial charge in [0.15, 0.2) is 0 Å². The molecule has 1 N–H and O–H groups in total. The molecule has 0 bridgehead atoms. The molecule has 2 unspecified atom stereocenters. The molecule has 1 aromatic heterocycles. The molecule has 2 rings (SSSR count). The third-order valence-corrected chi connectivity index (χ3v) is 3.14. The second kappa shape index (κ2) is 5.50. The third kappa shape index (κ3) is 2.71. The zero-order chi connectivity index (χ0) is 13.1. The minimum absolute atomic E-state index is 0.126. The highest BCUT2D eigenvalue weighted by atomic mass is 35.5. The monoisotopic (exact) mass is 266 g/mol. The summed E-state index contributed by atoms with van der Waals surface area (Å²) in [6.07, 6.45) is 0.244. The minimum Gasteiger partial charge on any atom is -0.393 e. The van der Waals surface area contributed by atoms with E-state index in [9.17, 15) is 5.11 Å². The maximum atomic E-state index is 9.64. The van der Waals surface area contributed by atoms with E-state index < -0.39 is 6.10 Å². The first-order chi connectivity index (χ1) is 8.61. The van der Waals surface area contributed by atoms with Gasteiger partial charge in [-0.25, -0.2) is 0 Å². The third-order valence-electron chi connectivity index (χ3n) is 2.88. The zero-order valence-electron chi connectivity index (χ0n) is 10.3. The minimum atomic E-state index is -0.506. The van der Waals surface area contributed by atoms with Crippen molar-refractivity contribution in [3.05, 3.63) is 35.2 Å². The van der Waals surface area contributed by atoms with Crippen molar-refractivity contribution in [2.24, 2.45) is 0 Å². The Bertz CT molecular complexity index is 508. The van der Waals surface area contributed by atoms with Gasteiger partial charge in [0.25, 0.3) is 0 Å². The lowest BCUT2D eigenvalue weighted by atomic mass is 10.0. The van der Waals surface area contributed by atoms with E-state index in [1.165, 1.54) is 0 Å². The highest BCUT2D eigenvalue weighted by Gasteiger charge is 2.22. The van der Waals surface area contributed by atoms with Crippen LogP contribution in [0.2, 0.25) is 5.02 Å². The highest BCUT2D eigenvalue weighted by Crippen LogP contribution is 2.25. The molecular weight excluding hydrogens is 252 g/mol. The lowest BCUT2D eigenvalue weighted by Gasteiger charge is -2.12. The average Bonchev–Trinajstić information content (AvgIpc) is 2.80. The summed E-state index contributed by atoms with van der Waals surface area (Å²) >= 11 is 5.82. The molecule has 2 aromatic rings. The van der Waals surface area contributed by atoms with E-state index in [1.807, 2.05) is 19.1 Å². The van der Waals surface area contributed by atoms with E-state index in [4.69, 9.17) is 16.1 Å². The molecule has 5 heteroatoms. The molecule has 2 atom stereocenters. The van der Waals surface area contributed by atoms with E-state index in [0.717, 1.165) is 12.0 Å². The van der Waals surface area contributed by atoms with Gasteiger partial charge in [-0.2, -0.15) is 4.98 Å². The van der Waals surface area contributed by atoms with Crippen molar-refractivity contribution in [3.63, 3.8) is 0 Å². The van der Waals surface area contributed by atoms with Crippen molar-refractivity contribution in [1.29, 1.82) is 0 Å². The van der Waals surface area contributed by atoms with Gasteiger partial charge in [-0.1, -0.05) is 23.7 Å². The van der Waals surface area contributed by atoms with Gasteiger partial charge >= 0.3 is 0 Å². The number of hydrogen-bond donors (Lipinski definition) is 1. The molecule has 96 valence electrons. The molecule has 4 nitrogen and oxygen atoms in total. The maximum absolute atomic E-state index is 9.64. The predicted octanol–water partition coefficient (Wildman–Crippen LogP) is 3.26. The van der Waals surface area contributed by atoms with Crippen molar-refractivity contribution in [3.8, 4) is 11.4 Å². The number of rotatable bonds is 4. The van der Waals surface area contributed by atoms with Crippen LogP contribution in [-0.2, 0) is 0 Å². The molecule has 0 aliphatic rings. The van der Waals surface area contributed by atoms with E-state index in [1.54, 1.807) is 19.1 Å². The number of halogens is 1. The zero-order valence-corrected chi connectivity index (χ0v) is 11.1. The van der Waals surface area contributed by atoms with Crippen LogP contribution < -0.4 is 0 Å². The van der Waals surface area contributed by atoms with Crippen LogP contribution in [0.5, 0.6) is 0 Å². The van der Waals surface area contributed by atoms with E-state index in [-0.39, 0.29) is 5.92 Å². The van der Waals surface area contributed by atoms with Crippen LogP contribution in [0, 0.1) is 0 Å². The predicted molar refractivity (Wildman–Crippen MR) is 69.5 cm³/mol. The molecule has 1 heterocycles. The number of benzene rings is 1. The molecule has 0 amide bonds. The van der Waals surface area contributed by atoms with Gasteiger partial charge in [0.2, 0.25) is 11.7 Å². The van der Waals surface area contributed by atoms with Gasteiger partial charge in [-0.05, 0) is 37.6 Å². The Morgan fingerprint density at radius 3 is 2.56 bits per heavy atom. The normalized spacial score (nSPS) is 14.4. The first kappa shape index (κ1) is 13.1. The molecule has 0 fully saturated rings. The Balaban J connectivity index is 2.27. The summed E-state index contributed by atoms with van der Waals surface area (Å²) in [4.78, 5) is 4.32. The van der Waals surface area contributed by atoms with Crippen molar-refractivity contribution in [1.82, 2.24) is 10.1 Å². The Morgan fingerprint density at radius 2 is 2.00 bits per heavy atom. The summed E-state index contributed by atoms with van der Waals surface area (Å²) in [5, 5.41) is 14.2. The fraction of sp³-hybridized carbons (Fsp3) is 0.385. The van der Waals surface area contributed by atoms with Crippen LogP contribution in [0.1, 0.15) is 32.1 Å². The summed E-state index contributed by atoms with van der Waals surface area (Å²) in [5.41, 5.74) is 0.842. The smallest absolute Gasteiger partial charge is 0.232 e. The van der Waals surface area contributed by atoms with Crippen molar-refractivity contribution >= 4 is 11.6 Å². The fourth-order valence-corrected chi connectivity index (χ4v) is 1.95. The summed E-state index contributed by atoms with van der Waals surface area (Å²) in [5.74, 6) is 0.858. The van der Waals surface area contributed by atoms with Crippen LogP contribution in [0.15, 0.2) is 28.8 Å². The van der Waals surface area contributed by atoms with Crippen molar-refractivity contribution in [2.45, 2.75) is 32.3 Å². The fourth-order valence-electron chi connectivity index (χ4n) is 1.82. The quantitative estimate of drug-likeness (QED) is 0.923. The molecule has 0 aliphatic heterocycles. The highest BCUT2D eigenvalue weighted by molar-refractivity contribution is 6.30. The van der Waals surface area contributed by atoms with Gasteiger partial charge < -0.3 is 9.63 Å². The Kier molecular flexibility index (Phi) is 3.99. The second-order valence-corrected chi connectivity index (χ2v) is 4.65. The first-order valence-corrected chi connectivity index (χ1v) is 6.27. The van der Waals surface area contributed by atoms with Crippen molar-refractivity contribution in [2.75, 3.05) is 0 Å². The van der Waals surface area contributed by atoms with Gasteiger partial charge in [0, 0.05) is 10.6 Å². The molecule has 0 spiro atoms. The topological polar surface area (TPSA) is 59.2 Å². The van der Waals surface area contributed by atoms with Crippen molar-refractivity contribution < 1.29 is 9.63 Å². The van der Waals surface area contributed by atoms with Crippen LogP contribution in [0.25, 0.3) is 11.4 Å². The van der Waals surface area contributed by atoms with Crippen LogP contribution in [0.3, 0.4) is 0 Å². The number of aromatic nitrogens is 2. The van der Waals surface area contributed by atoms with E-state index in [2.05, 4.69) is 10.1 Å². The molecule has 0 saturated carbocycles. The van der Waals surface area contributed by atoms with Crippen LogP contribution >= 0.6 is 11.6 Å². The lowest BCUT2D eigenvalue weighted by Crippen LogP contribution is -2.13. The van der Waals surface area contributed by atoms with Gasteiger partial charge in [-0.15, -0.1) is 0 Å². The summed E-state index contributed by atoms with van der Waals surface area (Å²) in [6.45, 7) is 3.70. The van der Waals surface area contributed by atoms with E-state index >= 15 is 0 Å². The standard InChI is InChI=1S/C13H15ClN2O2/c1-3-11(8(2)17)13-15-12(16-18-13)9-4-6-10(14)7-5-9/h4-8,11,17H,3H2,1-2H3. The second-order valence-electron chi connectivity index (χ2n) is 4.22. The summed E-state index contributed by atoms with van der Waals surface area (Å²) in [6, 6.07) is 7.22. The Hall–Kier alpha value is -1.39. The molecular formula is C13H15ClN2O2. The molecule has 1 aromatic carbocycles. The van der Waals surface area contributed by atoms with Crippen LogP contribution in [-0.4, -0.2) is 21.4 Å². The van der Waals surface area contributed by atoms with Gasteiger partial charge in [0.05, 0.1) is 12.0 Å². The summed E-state index contributed by atoms with van der Waals surface area (Å²) in [7, 11) is 0. The van der Waals surface area contributed by atoms with E-state index in [0.29, 0.717) is 16.7 Å². The molecule has 0 saturated heterocycles. The summed E-state index contributed by atoms with van der Waals surface area (Å²) < 4.78 is 5.21. The maximum Gasteiger partial charge on any atom is 0.232 e. The number of nitrogens with zero attached hydrogens (tertiary/aromatic N) is 2. The number of aliphatic hydroxyl groups excluding tert-OH is 1. The van der Waals surface area contributed by atoms with Crippen LogP contribution in [0.4, 0.5) is 0 Å². The van der Waals surface area contributed by atoms with Gasteiger partial charge in [0.1, 0.15) is 0 Å². The first-order valence-electron chi connectivity index (χ1n) is 5.89. The Morgan fingerprint density at radius 1 is 1.33 bits per heavy atom. The molecule has 0 aliphatic carbocycles. The number of aliphatic hydroxyl groups is 1. The average molecular weight is 267 g/mol. The number of hydrogen-bond acceptors (Lipinski definition) is 4. The van der Waals surface area contributed by atoms with Gasteiger partial charge in [-0.3, -0.25) is 0 Å².